The van der Waals surface area contributed by atoms with Crippen LogP contribution >= 0.6 is 12.4 Å². The molecule has 1 rings (SSSR count). The highest BCUT2D eigenvalue weighted by molar-refractivity contribution is 5.89. The molecular weight excluding hydrogens is 254 g/mol. The molecule has 2 unspecified atom stereocenters. The first kappa shape index (κ1) is 17.2. The van der Waals surface area contributed by atoms with Crippen molar-refractivity contribution in [2.45, 2.75) is 32.7 Å². The Morgan fingerprint density at radius 1 is 1.56 bits per heavy atom. The Bertz CT molecular complexity index is 297. The van der Waals surface area contributed by atoms with Gasteiger partial charge in [-0.05, 0) is 12.3 Å². The molecule has 0 aliphatic carbocycles. The van der Waals surface area contributed by atoms with E-state index in [1.165, 1.54) is 0 Å². The van der Waals surface area contributed by atoms with Gasteiger partial charge in [-0.1, -0.05) is 13.8 Å². The zero-order valence-electron chi connectivity index (χ0n) is 11.3. The topological polar surface area (TPSA) is 75.4 Å². The lowest BCUT2D eigenvalue weighted by atomic mass is 10.0. The van der Waals surface area contributed by atoms with Crippen LogP contribution in [0.5, 0.6) is 0 Å². The molecule has 1 saturated heterocycles. The molecule has 0 bridgehead atoms. The molecule has 2 atom stereocenters. The summed E-state index contributed by atoms with van der Waals surface area (Å²) >= 11 is 0. The smallest absolute Gasteiger partial charge is 0.225 e. The number of nitrogens with two attached hydrogens (primary N) is 1. The monoisotopic (exact) mass is 277 g/mol. The number of nitrogens with one attached hydrogen (secondary N) is 1. The Morgan fingerprint density at radius 2 is 2.17 bits per heavy atom. The molecular formula is C12H24ClN3O2. The summed E-state index contributed by atoms with van der Waals surface area (Å²) < 4.78 is 0. The van der Waals surface area contributed by atoms with Gasteiger partial charge < -0.3 is 16.0 Å². The SMILES string of the molecule is CC(C)CC(CN)NC(=O)C1CC(=O)N(C)C1.Cl. The molecule has 18 heavy (non-hydrogen) atoms. The summed E-state index contributed by atoms with van der Waals surface area (Å²) in [5.74, 6) is 0.280. The molecule has 1 aliphatic heterocycles. The fraction of sp³-hybridized carbons (Fsp3) is 0.833. The van der Waals surface area contributed by atoms with E-state index in [1.807, 2.05) is 0 Å². The van der Waals surface area contributed by atoms with Crippen molar-refractivity contribution in [1.29, 1.82) is 0 Å². The van der Waals surface area contributed by atoms with E-state index >= 15 is 0 Å². The third-order valence-electron chi connectivity index (χ3n) is 3.10. The minimum Gasteiger partial charge on any atom is -0.352 e. The number of likely N-dealkylation sites (tertiary alicyclic amines) is 1. The Balaban J connectivity index is 0.00000289. The predicted molar refractivity (Wildman–Crippen MR) is 73.4 cm³/mol. The van der Waals surface area contributed by atoms with Crippen LogP contribution < -0.4 is 11.1 Å². The van der Waals surface area contributed by atoms with Crippen molar-refractivity contribution in [3.05, 3.63) is 0 Å². The van der Waals surface area contributed by atoms with Crippen LogP contribution in [0.2, 0.25) is 0 Å². The number of amides is 2. The molecule has 2 amide bonds. The van der Waals surface area contributed by atoms with Gasteiger partial charge in [0.05, 0.1) is 5.92 Å². The van der Waals surface area contributed by atoms with Crippen LogP contribution in [0.4, 0.5) is 0 Å². The van der Waals surface area contributed by atoms with Gasteiger partial charge in [0.1, 0.15) is 0 Å². The first-order chi connectivity index (χ1) is 7.93. The summed E-state index contributed by atoms with van der Waals surface area (Å²) in [6.07, 6.45) is 1.19. The van der Waals surface area contributed by atoms with E-state index < -0.39 is 0 Å². The summed E-state index contributed by atoms with van der Waals surface area (Å²) in [7, 11) is 1.73. The standard InChI is InChI=1S/C12H23N3O2.ClH/c1-8(2)4-10(6-13)14-12(17)9-5-11(16)15(3)7-9;/h8-10H,4-7,13H2,1-3H3,(H,14,17);1H. The number of hydrogen-bond donors (Lipinski definition) is 2. The Hall–Kier alpha value is -0.810. The van der Waals surface area contributed by atoms with Gasteiger partial charge in [0.15, 0.2) is 0 Å². The molecule has 0 aromatic carbocycles. The van der Waals surface area contributed by atoms with Crippen molar-refractivity contribution in [3.8, 4) is 0 Å². The van der Waals surface area contributed by atoms with E-state index in [1.54, 1.807) is 11.9 Å². The molecule has 3 N–H and O–H groups in total. The lowest BCUT2D eigenvalue weighted by Crippen LogP contribution is -2.44. The van der Waals surface area contributed by atoms with Gasteiger partial charge in [-0.3, -0.25) is 9.59 Å². The normalized spacial score (nSPS) is 20.8. The molecule has 6 heteroatoms. The van der Waals surface area contributed by atoms with E-state index in [-0.39, 0.29) is 36.2 Å². The molecule has 0 spiro atoms. The highest BCUT2D eigenvalue weighted by atomic mass is 35.5. The Kier molecular flexibility index (Phi) is 7.25. The zero-order chi connectivity index (χ0) is 13.0. The van der Waals surface area contributed by atoms with Crippen LogP contribution in [0.15, 0.2) is 0 Å². The van der Waals surface area contributed by atoms with Crippen LogP contribution in [0.1, 0.15) is 26.7 Å². The highest BCUT2D eigenvalue weighted by Crippen LogP contribution is 2.16. The van der Waals surface area contributed by atoms with Gasteiger partial charge in [0.2, 0.25) is 11.8 Å². The van der Waals surface area contributed by atoms with Gasteiger partial charge in [-0.25, -0.2) is 0 Å². The lowest BCUT2D eigenvalue weighted by molar-refractivity contribution is -0.128. The van der Waals surface area contributed by atoms with Crippen molar-refractivity contribution in [3.63, 3.8) is 0 Å². The van der Waals surface area contributed by atoms with Crippen LogP contribution in [0.25, 0.3) is 0 Å². The van der Waals surface area contributed by atoms with Gasteiger partial charge in [-0.2, -0.15) is 0 Å². The first-order valence-corrected chi connectivity index (χ1v) is 6.18. The molecule has 106 valence electrons. The maximum Gasteiger partial charge on any atom is 0.225 e. The second kappa shape index (κ2) is 7.59. The Labute approximate surface area is 115 Å². The van der Waals surface area contributed by atoms with Gasteiger partial charge in [0.25, 0.3) is 0 Å². The summed E-state index contributed by atoms with van der Waals surface area (Å²) in [5.41, 5.74) is 5.63. The molecule has 5 nitrogen and oxygen atoms in total. The number of hydrogen-bond acceptors (Lipinski definition) is 3. The van der Waals surface area contributed by atoms with E-state index in [9.17, 15) is 9.59 Å². The highest BCUT2D eigenvalue weighted by Gasteiger charge is 2.32. The summed E-state index contributed by atoms with van der Waals surface area (Å²) in [6.45, 7) is 5.16. The molecule has 1 aliphatic rings. The molecule has 0 aromatic heterocycles. The first-order valence-electron chi connectivity index (χ1n) is 6.18. The van der Waals surface area contributed by atoms with E-state index in [0.29, 0.717) is 25.4 Å². The maximum absolute atomic E-state index is 11.9. The van der Waals surface area contributed by atoms with Crippen molar-refractivity contribution < 1.29 is 9.59 Å². The third-order valence-corrected chi connectivity index (χ3v) is 3.10. The summed E-state index contributed by atoms with van der Waals surface area (Å²) in [6, 6.07) is 0.0171. The van der Waals surface area contributed by atoms with Crippen molar-refractivity contribution >= 4 is 24.2 Å². The minimum atomic E-state index is -0.214. The quantitative estimate of drug-likeness (QED) is 0.763. The fourth-order valence-electron chi connectivity index (χ4n) is 2.14. The molecule has 0 aromatic rings. The fourth-order valence-corrected chi connectivity index (χ4v) is 2.14. The summed E-state index contributed by atoms with van der Waals surface area (Å²) in [5, 5.41) is 2.94. The predicted octanol–water partition coefficient (Wildman–Crippen LogP) is 0.376. The van der Waals surface area contributed by atoms with E-state index in [2.05, 4.69) is 19.2 Å². The number of carbonyl (C=O) groups excluding carboxylic acids is 2. The van der Waals surface area contributed by atoms with Crippen LogP contribution in [-0.2, 0) is 9.59 Å². The third kappa shape index (κ3) is 4.82. The molecule has 1 fully saturated rings. The zero-order valence-corrected chi connectivity index (χ0v) is 12.1. The average Bonchev–Trinajstić information content (AvgIpc) is 2.57. The van der Waals surface area contributed by atoms with Gasteiger partial charge >= 0.3 is 0 Å². The van der Waals surface area contributed by atoms with E-state index in [0.717, 1.165) is 6.42 Å². The van der Waals surface area contributed by atoms with Crippen molar-refractivity contribution in [2.24, 2.45) is 17.6 Å². The number of halogens is 1. The van der Waals surface area contributed by atoms with Crippen LogP contribution in [0, 0.1) is 11.8 Å². The summed E-state index contributed by atoms with van der Waals surface area (Å²) in [4.78, 5) is 24.9. The van der Waals surface area contributed by atoms with Gasteiger partial charge in [-0.15, -0.1) is 12.4 Å². The Morgan fingerprint density at radius 3 is 2.56 bits per heavy atom. The minimum absolute atomic E-state index is 0. The second-order valence-corrected chi connectivity index (χ2v) is 5.25. The maximum atomic E-state index is 11.9. The number of rotatable bonds is 5. The van der Waals surface area contributed by atoms with Crippen molar-refractivity contribution in [1.82, 2.24) is 10.2 Å². The van der Waals surface area contributed by atoms with Gasteiger partial charge in [0, 0.05) is 32.6 Å². The van der Waals surface area contributed by atoms with Crippen molar-refractivity contribution in [2.75, 3.05) is 20.1 Å². The van der Waals surface area contributed by atoms with Crippen LogP contribution in [-0.4, -0.2) is 42.9 Å². The van der Waals surface area contributed by atoms with Crippen LogP contribution in [0.3, 0.4) is 0 Å². The lowest BCUT2D eigenvalue weighted by Gasteiger charge is -2.20. The molecule has 0 radical (unpaired) electrons. The van der Waals surface area contributed by atoms with E-state index in [4.69, 9.17) is 5.73 Å². The molecule has 1 heterocycles. The molecule has 0 saturated carbocycles. The number of nitrogens with zero attached hydrogens (tertiary/aromatic N) is 1. The average molecular weight is 278 g/mol. The second-order valence-electron chi connectivity index (χ2n) is 5.25. The largest absolute Gasteiger partial charge is 0.352 e. The number of carbonyl (C=O) groups is 2.